The predicted octanol–water partition coefficient (Wildman–Crippen LogP) is 4.11. The average Bonchev–Trinajstić information content (AvgIpc) is 3.28. The third-order valence-corrected chi connectivity index (χ3v) is 4.99. The third kappa shape index (κ3) is 5.32. The molecule has 2 aromatic rings. The Kier molecular flexibility index (Phi) is 6.87. The van der Waals surface area contributed by atoms with Gasteiger partial charge in [-0.1, -0.05) is 43.5 Å². The van der Waals surface area contributed by atoms with Gasteiger partial charge in [0.05, 0.1) is 18.9 Å². The van der Waals surface area contributed by atoms with E-state index in [1.54, 1.807) is 12.5 Å². The lowest BCUT2D eigenvalue weighted by Crippen LogP contribution is -2.36. The van der Waals surface area contributed by atoms with Crippen LogP contribution in [0.15, 0.2) is 48.0 Å². The Hall–Kier alpha value is -2.34. The first-order chi connectivity index (χ1) is 13.2. The van der Waals surface area contributed by atoms with Gasteiger partial charge in [-0.25, -0.2) is 9.78 Å². The van der Waals surface area contributed by atoms with Crippen LogP contribution in [0, 0.1) is 0 Å². The highest BCUT2D eigenvalue weighted by Crippen LogP contribution is 2.18. The lowest BCUT2D eigenvalue weighted by atomic mass is 10.1. The van der Waals surface area contributed by atoms with Crippen molar-refractivity contribution in [2.24, 2.45) is 4.99 Å². The van der Waals surface area contributed by atoms with Crippen LogP contribution in [0.3, 0.4) is 0 Å². The first-order valence-electron chi connectivity index (χ1n) is 9.49. The molecule has 144 valence electrons. The molecular weight excluding hydrogens is 362 g/mol. The van der Waals surface area contributed by atoms with Crippen molar-refractivity contribution >= 4 is 23.5 Å². The van der Waals surface area contributed by atoms with E-state index in [1.807, 2.05) is 39.9 Å². The molecule has 3 rings (SSSR count). The molecule has 1 fully saturated rings. The van der Waals surface area contributed by atoms with Crippen molar-refractivity contribution in [1.82, 2.24) is 19.8 Å². The summed E-state index contributed by atoms with van der Waals surface area (Å²) >= 11 is 5.94. The zero-order chi connectivity index (χ0) is 19.1. The number of amides is 2. The maximum Gasteiger partial charge on any atom is 0.323 e. The molecule has 1 unspecified atom stereocenters. The van der Waals surface area contributed by atoms with Gasteiger partial charge in [-0.15, -0.1) is 0 Å². The number of hydrogen-bond donors (Lipinski definition) is 1. The fraction of sp³-hybridized carbons (Fsp3) is 0.450. The average molecular weight is 388 g/mol. The van der Waals surface area contributed by atoms with E-state index in [0.29, 0.717) is 18.1 Å². The molecule has 7 heteroatoms. The second kappa shape index (κ2) is 9.55. The van der Waals surface area contributed by atoms with Crippen molar-refractivity contribution in [3.63, 3.8) is 0 Å². The van der Waals surface area contributed by atoms with Crippen LogP contribution in [0.25, 0.3) is 0 Å². The van der Waals surface area contributed by atoms with Gasteiger partial charge in [-0.05, 0) is 30.5 Å². The zero-order valence-corrected chi connectivity index (χ0v) is 16.4. The van der Waals surface area contributed by atoms with Gasteiger partial charge in [0.25, 0.3) is 0 Å². The smallest absolute Gasteiger partial charge is 0.323 e. The Bertz CT molecular complexity index is 757. The summed E-state index contributed by atoms with van der Waals surface area (Å²) in [7, 11) is 0. The lowest BCUT2D eigenvalue weighted by molar-refractivity contribution is 0.201. The number of benzene rings is 1. The molecule has 1 N–H and O–H groups in total. The predicted molar refractivity (Wildman–Crippen MR) is 108 cm³/mol. The summed E-state index contributed by atoms with van der Waals surface area (Å²) in [6, 6.07) is 7.65. The van der Waals surface area contributed by atoms with Gasteiger partial charge >= 0.3 is 6.03 Å². The van der Waals surface area contributed by atoms with E-state index in [9.17, 15) is 4.79 Å². The van der Waals surface area contributed by atoms with Crippen LogP contribution in [-0.2, 0) is 13.1 Å². The number of hydrogen-bond acceptors (Lipinski definition) is 3. The monoisotopic (exact) mass is 387 g/mol. The minimum Gasteiger partial charge on any atom is -0.337 e. The summed E-state index contributed by atoms with van der Waals surface area (Å²) in [5.74, 6) is 0.783. The summed E-state index contributed by atoms with van der Waals surface area (Å²) in [6.07, 6.45) is 9.50. The van der Waals surface area contributed by atoms with Crippen LogP contribution >= 0.6 is 11.6 Å². The highest BCUT2D eigenvalue weighted by molar-refractivity contribution is 6.30. The summed E-state index contributed by atoms with van der Waals surface area (Å²) in [4.78, 5) is 23.2. The maximum absolute atomic E-state index is 12.5. The first-order valence-corrected chi connectivity index (χ1v) is 9.87. The fourth-order valence-electron chi connectivity index (χ4n) is 3.26. The summed E-state index contributed by atoms with van der Waals surface area (Å²) in [5, 5.41) is 3.69. The molecule has 2 heterocycles. The molecule has 1 aromatic heterocycles. The van der Waals surface area contributed by atoms with Gasteiger partial charge in [0, 0.05) is 30.5 Å². The van der Waals surface area contributed by atoms with Crippen molar-refractivity contribution in [2.75, 3.05) is 6.54 Å². The number of aromatic nitrogens is 2. The third-order valence-electron chi connectivity index (χ3n) is 4.74. The Labute approximate surface area is 165 Å². The highest BCUT2D eigenvalue weighted by Gasteiger charge is 2.35. The SMILES string of the molecule is CCCCC1/C(=N/Cc2ccc(Cl)cc2)NC(=O)N1CCCn1ccnc1. The van der Waals surface area contributed by atoms with Crippen molar-refractivity contribution in [3.8, 4) is 0 Å². The van der Waals surface area contributed by atoms with Crippen LogP contribution < -0.4 is 5.32 Å². The Morgan fingerprint density at radius 2 is 2.04 bits per heavy atom. The largest absolute Gasteiger partial charge is 0.337 e. The van der Waals surface area contributed by atoms with Gasteiger partial charge in [-0.2, -0.15) is 0 Å². The minimum absolute atomic E-state index is 0.0348. The number of imidazole rings is 1. The number of aryl methyl sites for hydroxylation is 1. The molecule has 0 saturated carbocycles. The molecule has 0 spiro atoms. The van der Waals surface area contributed by atoms with E-state index in [2.05, 4.69) is 17.2 Å². The zero-order valence-electron chi connectivity index (χ0n) is 15.6. The van der Waals surface area contributed by atoms with E-state index < -0.39 is 0 Å². The molecular formula is C20H26ClN5O. The number of rotatable bonds is 9. The maximum atomic E-state index is 12.5. The van der Waals surface area contributed by atoms with Crippen LogP contribution in [0.2, 0.25) is 5.02 Å². The second-order valence-corrected chi connectivity index (χ2v) is 7.20. The topological polar surface area (TPSA) is 62.5 Å². The number of aliphatic imine (C=N–C) groups is 1. The van der Waals surface area contributed by atoms with Gasteiger partial charge in [0.2, 0.25) is 0 Å². The molecule has 0 radical (unpaired) electrons. The second-order valence-electron chi connectivity index (χ2n) is 6.76. The summed E-state index contributed by atoms with van der Waals surface area (Å²) < 4.78 is 2.03. The van der Waals surface area contributed by atoms with Crippen molar-refractivity contribution in [2.45, 2.75) is 51.7 Å². The fourth-order valence-corrected chi connectivity index (χ4v) is 3.38. The molecule has 1 aromatic carbocycles. The van der Waals surface area contributed by atoms with Gasteiger partial charge in [0.1, 0.15) is 5.84 Å². The van der Waals surface area contributed by atoms with Crippen LogP contribution in [0.5, 0.6) is 0 Å². The number of urea groups is 1. The lowest BCUT2D eigenvalue weighted by Gasteiger charge is -2.23. The van der Waals surface area contributed by atoms with Crippen molar-refractivity contribution < 1.29 is 4.79 Å². The summed E-state index contributed by atoms with van der Waals surface area (Å²) in [5.41, 5.74) is 1.08. The molecule has 0 aliphatic carbocycles. The van der Waals surface area contributed by atoms with E-state index in [-0.39, 0.29) is 12.1 Å². The van der Waals surface area contributed by atoms with Gasteiger partial charge in [0.15, 0.2) is 0 Å². The first kappa shape index (κ1) is 19.4. The summed E-state index contributed by atoms with van der Waals surface area (Å²) in [6.45, 7) is 4.26. The molecule has 1 atom stereocenters. The van der Waals surface area contributed by atoms with E-state index in [0.717, 1.165) is 43.6 Å². The standard InChI is InChI=1S/C20H26ClN5O/c1-2-3-5-18-19(23-14-16-6-8-17(21)9-7-16)24-20(27)26(18)12-4-11-25-13-10-22-15-25/h6-10,13,15,18H,2-5,11-12,14H2,1H3,(H,23,24,27). The Morgan fingerprint density at radius 1 is 1.22 bits per heavy atom. The molecule has 2 amide bonds. The van der Waals surface area contributed by atoms with E-state index >= 15 is 0 Å². The number of amidine groups is 1. The number of carbonyl (C=O) groups excluding carboxylic acids is 1. The normalized spacial score (nSPS) is 18.3. The van der Waals surface area contributed by atoms with Crippen LogP contribution in [-0.4, -0.2) is 38.9 Å². The molecule has 1 saturated heterocycles. The van der Waals surface area contributed by atoms with Crippen molar-refractivity contribution in [3.05, 3.63) is 53.6 Å². The highest BCUT2D eigenvalue weighted by atomic mass is 35.5. The molecule has 1 aliphatic heterocycles. The number of nitrogens with zero attached hydrogens (tertiary/aromatic N) is 4. The Morgan fingerprint density at radius 3 is 2.74 bits per heavy atom. The number of unbranched alkanes of at least 4 members (excludes halogenated alkanes) is 1. The Balaban J connectivity index is 1.64. The quantitative estimate of drug-likeness (QED) is 0.703. The number of carbonyl (C=O) groups is 1. The molecule has 27 heavy (non-hydrogen) atoms. The van der Waals surface area contributed by atoms with E-state index in [4.69, 9.17) is 16.6 Å². The molecule has 0 bridgehead atoms. The molecule has 6 nitrogen and oxygen atoms in total. The van der Waals surface area contributed by atoms with Crippen molar-refractivity contribution in [1.29, 1.82) is 0 Å². The minimum atomic E-state index is -0.0448. The number of nitrogens with one attached hydrogen (secondary N) is 1. The van der Waals surface area contributed by atoms with Gasteiger partial charge in [-0.3, -0.25) is 10.3 Å². The van der Waals surface area contributed by atoms with Crippen LogP contribution in [0.1, 0.15) is 38.2 Å². The number of halogens is 1. The van der Waals surface area contributed by atoms with E-state index in [1.165, 1.54) is 0 Å². The molecule has 1 aliphatic rings. The van der Waals surface area contributed by atoms with Gasteiger partial charge < -0.3 is 9.47 Å². The van der Waals surface area contributed by atoms with Crippen LogP contribution in [0.4, 0.5) is 4.79 Å².